The van der Waals surface area contributed by atoms with Crippen LogP contribution < -0.4 is 9.47 Å². The van der Waals surface area contributed by atoms with Crippen molar-refractivity contribution in [1.82, 2.24) is 9.97 Å². The van der Waals surface area contributed by atoms with Gasteiger partial charge in [-0.05, 0) is 6.07 Å². The molecule has 1 aromatic heterocycles. The summed E-state index contributed by atoms with van der Waals surface area (Å²) < 4.78 is 10.4. The van der Waals surface area contributed by atoms with E-state index in [0.717, 1.165) is 5.56 Å². The third kappa shape index (κ3) is 2.85. The molecule has 2 N–H and O–H groups in total. The molecule has 2 rings (SSSR count). The van der Waals surface area contributed by atoms with Crippen LogP contribution in [0.25, 0.3) is 0 Å². The van der Waals surface area contributed by atoms with Crippen molar-refractivity contribution in [2.24, 2.45) is 0 Å². The highest BCUT2D eigenvalue weighted by molar-refractivity contribution is 5.85. The number of nitrogens with one attached hydrogen (secondary N) is 1. The van der Waals surface area contributed by atoms with Crippen molar-refractivity contribution in [3.8, 4) is 11.5 Å². The maximum Gasteiger partial charge on any atom is 0.353 e. The van der Waals surface area contributed by atoms with Crippen molar-refractivity contribution in [3.05, 3.63) is 41.5 Å². The molecule has 6 heteroatoms. The zero-order valence-electron chi connectivity index (χ0n) is 10.6. The molecule has 0 aliphatic carbocycles. The maximum atomic E-state index is 10.8. The molecule has 0 saturated heterocycles. The SMILES string of the molecule is COc1ccc(Cc2ncc(C(=O)O)[nH]2)c(OC)c1. The Kier molecular flexibility index (Phi) is 3.70. The summed E-state index contributed by atoms with van der Waals surface area (Å²) in [5.41, 5.74) is 0.970. The van der Waals surface area contributed by atoms with E-state index < -0.39 is 5.97 Å². The van der Waals surface area contributed by atoms with Gasteiger partial charge in [0.2, 0.25) is 0 Å². The number of methoxy groups -OCH3 is 2. The number of hydrogen-bond acceptors (Lipinski definition) is 4. The van der Waals surface area contributed by atoms with Gasteiger partial charge in [-0.1, -0.05) is 6.07 Å². The van der Waals surface area contributed by atoms with E-state index >= 15 is 0 Å². The van der Waals surface area contributed by atoms with Crippen molar-refractivity contribution in [1.29, 1.82) is 0 Å². The molecule has 0 fully saturated rings. The molecule has 19 heavy (non-hydrogen) atoms. The number of aromatic amines is 1. The van der Waals surface area contributed by atoms with Gasteiger partial charge in [-0.15, -0.1) is 0 Å². The first-order valence-electron chi connectivity index (χ1n) is 5.62. The zero-order valence-corrected chi connectivity index (χ0v) is 10.6. The molecule has 1 aromatic carbocycles. The Morgan fingerprint density at radius 3 is 2.74 bits per heavy atom. The quantitative estimate of drug-likeness (QED) is 0.857. The number of carbonyl (C=O) groups is 1. The first kappa shape index (κ1) is 12.9. The summed E-state index contributed by atoms with van der Waals surface area (Å²) >= 11 is 0. The average molecular weight is 262 g/mol. The van der Waals surface area contributed by atoms with Gasteiger partial charge in [0.05, 0.1) is 20.4 Å². The van der Waals surface area contributed by atoms with E-state index in [1.807, 2.05) is 12.1 Å². The van der Waals surface area contributed by atoms with E-state index in [2.05, 4.69) is 9.97 Å². The Balaban J connectivity index is 2.24. The number of ether oxygens (including phenoxy) is 2. The summed E-state index contributed by atoms with van der Waals surface area (Å²) in [4.78, 5) is 17.5. The van der Waals surface area contributed by atoms with Crippen LogP contribution in [-0.4, -0.2) is 35.3 Å². The molecule has 0 atom stereocenters. The average Bonchev–Trinajstić information content (AvgIpc) is 2.88. The second-order valence-corrected chi connectivity index (χ2v) is 3.90. The zero-order chi connectivity index (χ0) is 13.8. The Morgan fingerprint density at radius 2 is 2.16 bits per heavy atom. The molecule has 0 radical (unpaired) electrons. The van der Waals surface area contributed by atoms with Crippen LogP contribution in [0, 0.1) is 0 Å². The second kappa shape index (κ2) is 5.43. The van der Waals surface area contributed by atoms with Gasteiger partial charge in [-0.2, -0.15) is 0 Å². The number of imidazole rings is 1. The Morgan fingerprint density at radius 1 is 1.37 bits per heavy atom. The van der Waals surface area contributed by atoms with E-state index in [1.54, 1.807) is 20.3 Å². The van der Waals surface area contributed by atoms with Crippen LogP contribution in [0.1, 0.15) is 21.9 Å². The number of aromatic carboxylic acids is 1. The number of nitrogens with zero attached hydrogens (tertiary/aromatic N) is 1. The molecule has 0 saturated carbocycles. The molecule has 0 bridgehead atoms. The predicted octanol–water partition coefficient (Wildman–Crippen LogP) is 1.72. The lowest BCUT2D eigenvalue weighted by molar-refractivity contribution is 0.0691. The minimum Gasteiger partial charge on any atom is -0.497 e. The number of aromatic nitrogens is 2. The van der Waals surface area contributed by atoms with Crippen LogP contribution in [0.3, 0.4) is 0 Å². The smallest absolute Gasteiger partial charge is 0.353 e. The highest BCUT2D eigenvalue weighted by Crippen LogP contribution is 2.26. The van der Waals surface area contributed by atoms with Gasteiger partial charge in [0.1, 0.15) is 23.0 Å². The lowest BCUT2D eigenvalue weighted by Gasteiger charge is -2.09. The van der Waals surface area contributed by atoms with Crippen molar-refractivity contribution in [2.75, 3.05) is 14.2 Å². The first-order chi connectivity index (χ1) is 9.13. The summed E-state index contributed by atoms with van der Waals surface area (Å²) in [7, 11) is 3.16. The lowest BCUT2D eigenvalue weighted by atomic mass is 10.1. The highest BCUT2D eigenvalue weighted by Gasteiger charge is 2.11. The summed E-state index contributed by atoms with van der Waals surface area (Å²) in [5, 5.41) is 8.82. The Hall–Kier alpha value is -2.50. The molecule has 0 aliphatic rings. The molecule has 2 aromatic rings. The fourth-order valence-corrected chi connectivity index (χ4v) is 1.74. The van der Waals surface area contributed by atoms with Gasteiger partial charge in [0.15, 0.2) is 0 Å². The largest absolute Gasteiger partial charge is 0.497 e. The van der Waals surface area contributed by atoms with Crippen molar-refractivity contribution in [2.45, 2.75) is 6.42 Å². The molecule has 100 valence electrons. The van der Waals surface area contributed by atoms with Gasteiger partial charge in [-0.25, -0.2) is 9.78 Å². The molecule has 0 amide bonds. The van der Waals surface area contributed by atoms with E-state index in [0.29, 0.717) is 23.7 Å². The van der Waals surface area contributed by atoms with Crippen LogP contribution in [-0.2, 0) is 6.42 Å². The summed E-state index contributed by atoms with van der Waals surface area (Å²) in [6.07, 6.45) is 1.76. The number of rotatable bonds is 5. The molecule has 0 aliphatic heterocycles. The Bertz CT molecular complexity index is 592. The fourth-order valence-electron chi connectivity index (χ4n) is 1.74. The molecule has 0 unspecified atom stereocenters. The van der Waals surface area contributed by atoms with Crippen LogP contribution in [0.4, 0.5) is 0 Å². The van der Waals surface area contributed by atoms with E-state index in [1.165, 1.54) is 6.20 Å². The van der Waals surface area contributed by atoms with Crippen LogP contribution in [0.15, 0.2) is 24.4 Å². The molecular formula is C13H14N2O4. The summed E-state index contributed by atoms with van der Waals surface area (Å²) in [5.74, 6) is 0.917. The topological polar surface area (TPSA) is 84.4 Å². The molecular weight excluding hydrogens is 248 g/mol. The predicted molar refractivity (Wildman–Crippen MR) is 67.9 cm³/mol. The minimum atomic E-state index is -1.03. The number of hydrogen-bond donors (Lipinski definition) is 2. The van der Waals surface area contributed by atoms with Crippen molar-refractivity contribution in [3.63, 3.8) is 0 Å². The molecule has 0 spiro atoms. The third-order valence-electron chi connectivity index (χ3n) is 2.71. The minimum absolute atomic E-state index is 0.0717. The first-order valence-corrected chi connectivity index (χ1v) is 5.62. The van der Waals surface area contributed by atoms with Gasteiger partial charge in [0, 0.05) is 18.1 Å². The Labute approximate surface area is 110 Å². The maximum absolute atomic E-state index is 10.8. The normalized spacial score (nSPS) is 10.2. The lowest BCUT2D eigenvalue weighted by Crippen LogP contribution is -1.99. The number of H-pyrrole nitrogens is 1. The van der Waals surface area contributed by atoms with E-state index in [-0.39, 0.29) is 5.69 Å². The molecule has 1 heterocycles. The van der Waals surface area contributed by atoms with Crippen molar-refractivity contribution < 1.29 is 19.4 Å². The standard InChI is InChI=1S/C13H14N2O4/c1-18-9-4-3-8(11(6-9)19-2)5-12-14-7-10(15-12)13(16)17/h3-4,6-7H,5H2,1-2H3,(H,14,15)(H,16,17). The fraction of sp³-hybridized carbons (Fsp3) is 0.231. The van der Waals surface area contributed by atoms with Gasteiger partial charge < -0.3 is 19.6 Å². The van der Waals surface area contributed by atoms with Crippen LogP contribution in [0.5, 0.6) is 11.5 Å². The molecule has 6 nitrogen and oxygen atoms in total. The van der Waals surface area contributed by atoms with Gasteiger partial charge in [-0.3, -0.25) is 0 Å². The summed E-state index contributed by atoms with van der Waals surface area (Å²) in [6.45, 7) is 0. The van der Waals surface area contributed by atoms with E-state index in [4.69, 9.17) is 14.6 Å². The van der Waals surface area contributed by atoms with Crippen LogP contribution in [0.2, 0.25) is 0 Å². The van der Waals surface area contributed by atoms with Crippen molar-refractivity contribution >= 4 is 5.97 Å². The summed E-state index contributed by atoms with van der Waals surface area (Å²) in [6, 6.07) is 5.45. The second-order valence-electron chi connectivity index (χ2n) is 3.90. The van der Waals surface area contributed by atoms with Gasteiger partial charge >= 0.3 is 5.97 Å². The number of carboxylic acid groups (broad SMARTS) is 1. The monoisotopic (exact) mass is 262 g/mol. The van der Waals surface area contributed by atoms with Crippen LogP contribution >= 0.6 is 0 Å². The number of carboxylic acids is 1. The highest BCUT2D eigenvalue weighted by atomic mass is 16.5. The van der Waals surface area contributed by atoms with E-state index in [9.17, 15) is 4.79 Å². The van der Waals surface area contributed by atoms with Gasteiger partial charge in [0.25, 0.3) is 0 Å². The third-order valence-corrected chi connectivity index (χ3v) is 2.71. The number of benzene rings is 1.